The Morgan fingerprint density at radius 2 is 1.88 bits per heavy atom. The average Bonchev–Trinajstić information content (AvgIpc) is 3.11. The number of esters is 1. The average molecular weight is 543 g/mol. The van der Waals surface area contributed by atoms with E-state index in [0.717, 1.165) is 10.6 Å². The van der Waals surface area contributed by atoms with Crippen molar-refractivity contribution in [3.05, 3.63) is 62.0 Å². The van der Waals surface area contributed by atoms with Gasteiger partial charge in [-0.05, 0) is 64.8 Å². The van der Waals surface area contributed by atoms with E-state index < -0.39 is 36.2 Å². The van der Waals surface area contributed by atoms with Crippen LogP contribution >= 0.6 is 39.1 Å². The van der Waals surface area contributed by atoms with Crippen molar-refractivity contribution in [2.24, 2.45) is 5.92 Å². The second kappa shape index (κ2) is 10.3. The summed E-state index contributed by atoms with van der Waals surface area (Å²) in [5, 5.41) is 4.59. The lowest BCUT2D eigenvalue weighted by atomic mass is 10.1. The molecule has 0 aliphatic carbocycles. The molecule has 168 valence electrons. The first-order chi connectivity index (χ1) is 15.1. The highest BCUT2D eigenvalue weighted by atomic mass is 79.9. The highest BCUT2D eigenvalue weighted by molar-refractivity contribution is 9.10. The molecule has 1 heterocycles. The largest absolute Gasteiger partial charge is 0.455 e. The number of nitrogens with one attached hydrogen (secondary N) is 2. The van der Waals surface area contributed by atoms with Gasteiger partial charge in [0.1, 0.15) is 0 Å². The number of rotatable bonds is 6. The summed E-state index contributed by atoms with van der Waals surface area (Å²) in [6.45, 7) is 1.22. The van der Waals surface area contributed by atoms with E-state index in [1.54, 1.807) is 31.2 Å². The molecule has 1 atom stereocenters. The number of carbonyl (C=O) groups is 4. The maximum absolute atomic E-state index is 12.3. The minimum Gasteiger partial charge on any atom is -0.455 e. The molecule has 1 fully saturated rings. The van der Waals surface area contributed by atoms with Gasteiger partial charge in [0.05, 0.1) is 17.5 Å². The number of carbonyl (C=O) groups excluding carboxylic acids is 4. The molecule has 1 aliphatic rings. The number of hydrazine groups is 1. The summed E-state index contributed by atoms with van der Waals surface area (Å²) < 4.78 is 5.75. The van der Waals surface area contributed by atoms with Crippen molar-refractivity contribution in [2.75, 3.05) is 18.5 Å². The predicted molar refractivity (Wildman–Crippen MR) is 122 cm³/mol. The van der Waals surface area contributed by atoms with Crippen LogP contribution in [0.4, 0.5) is 5.69 Å². The molecule has 1 saturated heterocycles. The van der Waals surface area contributed by atoms with E-state index in [1.165, 1.54) is 12.1 Å². The van der Waals surface area contributed by atoms with Crippen molar-refractivity contribution in [3.8, 4) is 0 Å². The van der Waals surface area contributed by atoms with Crippen LogP contribution in [0.25, 0.3) is 0 Å². The van der Waals surface area contributed by atoms with Gasteiger partial charge in [0.15, 0.2) is 6.61 Å². The predicted octanol–water partition coefficient (Wildman–Crippen LogP) is 3.74. The normalized spacial score (nSPS) is 15.4. The van der Waals surface area contributed by atoms with Gasteiger partial charge in [-0.1, -0.05) is 23.2 Å². The molecule has 0 saturated carbocycles. The van der Waals surface area contributed by atoms with E-state index in [2.05, 4.69) is 26.7 Å². The third kappa shape index (κ3) is 5.99. The first kappa shape index (κ1) is 24.0. The third-order valence-electron chi connectivity index (χ3n) is 4.69. The van der Waals surface area contributed by atoms with Gasteiger partial charge < -0.3 is 10.1 Å². The van der Waals surface area contributed by atoms with Gasteiger partial charge in [-0.25, -0.2) is 0 Å². The SMILES string of the molecule is Cc1cc(Br)c(Cl)cc1NC(=O)COC(=O)[C@@H]1CC(=O)N(NC(=O)c2ccc(Cl)cc2)C1. The summed E-state index contributed by atoms with van der Waals surface area (Å²) in [5.74, 6) is -2.99. The van der Waals surface area contributed by atoms with Crippen molar-refractivity contribution in [1.82, 2.24) is 10.4 Å². The van der Waals surface area contributed by atoms with Crippen LogP contribution in [0.15, 0.2) is 40.9 Å². The number of hydrogen-bond acceptors (Lipinski definition) is 5. The molecule has 3 amide bonds. The van der Waals surface area contributed by atoms with Gasteiger partial charge in [0.2, 0.25) is 5.91 Å². The number of nitrogens with zero attached hydrogens (tertiary/aromatic N) is 1. The number of amides is 3. The summed E-state index contributed by atoms with van der Waals surface area (Å²) in [7, 11) is 0. The molecule has 0 radical (unpaired) electrons. The Morgan fingerprint density at radius 3 is 2.56 bits per heavy atom. The highest BCUT2D eigenvalue weighted by Crippen LogP contribution is 2.29. The van der Waals surface area contributed by atoms with E-state index in [-0.39, 0.29) is 13.0 Å². The first-order valence-electron chi connectivity index (χ1n) is 9.43. The molecule has 2 N–H and O–H groups in total. The second-order valence-electron chi connectivity index (χ2n) is 7.09. The zero-order valence-corrected chi connectivity index (χ0v) is 19.9. The van der Waals surface area contributed by atoms with Gasteiger partial charge >= 0.3 is 5.97 Å². The lowest BCUT2D eigenvalue weighted by Crippen LogP contribution is -2.43. The van der Waals surface area contributed by atoms with Crippen LogP contribution in [0.3, 0.4) is 0 Å². The molecule has 0 bridgehead atoms. The minimum atomic E-state index is -0.801. The lowest BCUT2D eigenvalue weighted by Gasteiger charge is -2.17. The number of benzene rings is 2. The van der Waals surface area contributed by atoms with Crippen molar-refractivity contribution in [2.45, 2.75) is 13.3 Å². The van der Waals surface area contributed by atoms with Gasteiger partial charge in [-0.2, -0.15) is 0 Å². The quantitative estimate of drug-likeness (QED) is 0.541. The van der Waals surface area contributed by atoms with Crippen LogP contribution in [0.1, 0.15) is 22.3 Å². The Labute approximate surface area is 202 Å². The molecule has 2 aromatic carbocycles. The summed E-state index contributed by atoms with van der Waals surface area (Å²) in [4.78, 5) is 48.9. The number of hydrogen-bond donors (Lipinski definition) is 2. The fourth-order valence-electron chi connectivity index (χ4n) is 2.98. The molecule has 11 heteroatoms. The molecule has 0 unspecified atom stereocenters. The monoisotopic (exact) mass is 541 g/mol. The number of ether oxygens (including phenoxy) is 1. The standard InChI is InChI=1S/C21H18BrCl2N3O5/c1-11-6-15(22)16(24)8-17(11)25-18(28)10-32-21(31)13-7-19(29)27(9-13)26-20(30)12-2-4-14(23)5-3-12/h2-6,8,13H,7,9-10H2,1H3,(H,25,28)(H,26,30)/t13-/m1/s1. The number of anilines is 1. The van der Waals surface area contributed by atoms with Crippen LogP contribution in [-0.2, 0) is 19.1 Å². The Balaban J connectivity index is 1.50. The summed E-state index contributed by atoms with van der Waals surface area (Å²) in [5.41, 5.74) is 4.04. The van der Waals surface area contributed by atoms with Crippen LogP contribution in [0.5, 0.6) is 0 Å². The minimum absolute atomic E-state index is 0.0555. The van der Waals surface area contributed by atoms with Gasteiger partial charge in [0.25, 0.3) is 11.8 Å². The molecule has 32 heavy (non-hydrogen) atoms. The van der Waals surface area contributed by atoms with Crippen molar-refractivity contribution in [1.29, 1.82) is 0 Å². The first-order valence-corrected chi connectivity index (χ1v) is 11.0. The topological polar surface area (TPSA) is 105 Å². The van der Waals surface area contributed by atoms with Gasteiger partial charge in [-0.15, -0.1) is 0 Å². The molecular formula is C21H18BrCl2N3O5. The number of halogens is 3. The lowest BCUT2D eigenvalue weighted by molar-refractivity contribution is -0.151. The van der Waals surface area contributed by atoms with Crippen molar-refractivity contribution < 1.29 is 23.9 Å². The van der Waals surface area contributed by atoms with Crippen LogP contribution in [0.2, 0.25) is 10.0 Å². The Kier molecular flexibility index (Phi) is 7.76. The van der Waals surface area contributed by atoms with Crippen molar-refractivity contribution in [3.63, 3.8) is 0 Å². The number of aryl methyl sites for hydroxylation is 1. The molecule has 2 aromatic rings. The maximum Gasteiger partial charge on any atom is 0.311 e. The van der Waals surface area contributed by atoms with Crippen LogP contribution < -0.4 is 10.7 Å². The van der Waals surface area contributed by atoms with Gasteiger partial charge in [-0.3, -0.25) is 29.6 Å². The second-order valence-corrected chi connectivity index (χ2v) is 8.79. The highest BCUT2D eigenvalue weighted by Gasteiger charge is 2.36. The summed E-state index contributed by atoms with van der Waals surface area (Å²) >= 11 is 15.1. The van der Waals surface area contributed by atoms with E-state index in [4.69, 9.17) is 27.9 Å². The summed E-state index contributed by atoms with van der Waals surface area (Å²) in [6.07, 6.45) is -0.136. The van der Waals surface area contributed by atoms with E-state index >= 15 is 0 Å². The van der Waals surface area contributed by atoms with E-state index in [0.29, 0.717) is 25.8 Å². The van der Waals surface area contributed by atoms with Crippen LogP contribution in [-0.4, -0.2) is 41.9 Å². The molecule has 0 aromatic heterocycles. The van der Waals surface area contributed by atoms with E-state index in [1.807, 2.05) is 0 Å². The fourth-order valence-corrected chi connectivity index (χ4v) is 3.73. The van der Waals surface area contributed by atoms with Crippen LogP contribution in [0, 0.1) is 12.8 Å². The fraction of sp³-hybridized carbons (Fsp3) is 0.238. The van der Waals surface area contributed by atoms with Gasteiger partial charge in [0, 0.05) is 27.2 Å². The molecule has 1 aliphatic heterocycles. The van der Waals surface area contributed by atoms with E-state index in [9.17, 15) is 19.2 Å². The Hall–Kier alpha value is -2.62. The third-order valence-corrected chi connectivity index (χ3v) is 6.14. The zero-order valence-electron chi connectivity index (χ0n) is 16.8. The maximum atomic E-state index is 12.3. The molecular weight excluding hydrogens is 525 g/mol. The van der Waals surface area contributed by atoms with Crippen molar-refractivity contribution >= 4 is 68.5 Å². The smallest absolute Gasteiger partial charge is 0.311 e. The summed E-state index contributed by atoms with van der Waals surface area (Å²) in [6, 6.07) is 9.47. The molecule has 8 nitrogen and oxygen atoms in total. The molecule has 0 spiro atoms. The molecule has 3 rings (SSSR count). The zero-order chi connectivity index (χ0) is 23.4. The Morgan fingerprint density at radius 1 is 1.19 bits per heavy atom. The Bertz CT molecular complexity index is 1080.